The van der Waals surface area contributed by atoms with E-state index in [0.717, 1.165) is 11.1 Å². The highest BCUT2D eigenvalue weighted by Crippen LogP contribution is 2.14. The lowest BCUT2D eigenvalue weighted by Gasteiger charge is -2.03. The van der Waals surface area contributed by atoms with Gasteiger partial charge in [-0.3, -0.25) is 0 Å². The van der Waals surface area contributed by atoms with E-state index in [1.165, 1.54) is 7.11 Å². The number of hydrogen-bond acceptors (Lipinski definition) is 3. The van der Waals surface area contributed by atoms with Crippen LogP contribution in [-0.2, 0) is 4.74 Å². The molecule has 0 fully saturated rings. The Hall–Kier alpha value is -1.61. The van der Waals surface area contributed by atoms with Crippen LogP contribution in [-0.4, -0.2) is 24.8 Å². The first-order valence-corrected chi connectivity index (χ1v) is 4.65. The van der Waals surface area contributed by atoms with Crippen molar-refractivity contribution in [3.8, 4) is 0 Å². The molecule has 0 bridgehead atoms. The number of methoxy groups -OCH3 is 1. The van der Waals surface area contributed by atoms with Crippen LogP contribution >= 0.6 is 0 Å². The Bertz CT molecular complexity index is 363. The fraction of sp³-hybridized carbons (Fsp3) is 0.250. The van der Waals surface area contributed by atoms with Crippen molar-refractivity contribution in [3.63, 3.8) is 0 Å². The molecule has 0 amide bonds. The maximum atomic E-state index is 11.1. The third kappa shape index (κ3) is 2.92. The lowest BCUT2D eigenvalue weighted by atomic mass is 10.1. The van der Waals surface area contributed by atoms with E-state index >= 15 is 0 Å². The number of allylic oxidation sites excluding steroid dienone is 1. The van der Waals surface area contributed by atoms with Crippen LogP contribution in [0.5, 0.6) is 0 Å². The predicted octanol–water partition coefficient (Wildman–Crippen LogP) is 1.87. The van der Waals surface area contributed by atoms with Gasteiger partial charge in [-0.2, -0.15) is 0 Å². The van der Waals surface area contributed by atoms with Crippen LogP contribution < -0.4 is 0 Å². The van der Waals surface area contributed by atoms with Crippen LogP contribution in [0.3, 0.4) is 0 Å². The van der Waals surface area contributed by atoms with E-state index in [4.69, 9.17) is 5.11 Å². The Labute approximate surface area is 89.0 Å². The number of carbonyl (C=O) groups excluding carboxylic acids is 1. The van der Waals surface area contributed by atoms with E-state index in [-0.39, 0.29) is 12.6 Å². The summed E-state index contributed by atoms with van der Waals surface area (Å²) in [6, 6.07) is 7.06. The average molecular weight is 206 g/mol. The van der Waals surface area contributed by atoms with Crippen LogP contribution in [0, 0.1) is 0 Å². The number of ether oxygens (including phenoxy) is 1. The molecule has 1 rings (SSSR count). The summed E-state index contributed by atoms with van der Waals surface area (Å²) in [6.45, 7) is 1.92. The van der Waals surface area contributed by atoms with Gasteiger partial charge in [0.1, 0.15) is 0 Å². The number of aliphatic hydroxyl groups excluding tert-OH is 1. The quantitative estimate of drug-likeness (QED) is 0.768. The molecule has 0 aliphatic rings. The first-order valence-electron chi connectivity index (χ1n) is 4.65. The first kappa shape index (κ1) is 11.5. The van der Waals surface area contributed by atoms with Crippen molar-refractivity contribution < 1.29 is 14.6 Å². The van der Waals surface area contributed by atoms with Crippen molar-refractivity contribution in [2.75, 3.05) is 13.7 Å². The van der Waals surface area contributed by atoms with Crippen LogP contribution in [0.25, 0.3) is 5.57 Å². The van der Waals surface area contributed by atoms with Gasteiger partial charge in [0.05, 0.1) is 19.3 Å². The Morgan fingerprint density at radius 1 is 1.33 bits per heavy atom. The second kappa shape index (κ2) is 5.32. The van der Waals surface area contributed by atoms with E-state index in [9.17, 15) is 4.79 Å². The largest absolute Gasteiger partial charge is 0.465 e. The maximum absolute atomic E-state index is 11.1. The van der Waals surface area contributed by atoms with Crippen LogP contribution in [0.2, 0.25) is 0 Å². The van der Waals surface area contributed by atoms with Crippen molar-refractivity contribution in [1.29, 1.82) is 0 Å². The summed E-state index contributed by atoms with van der Waals surface area (Å²) in [4.78, 5) is 11.1. The minimum absolute atomic E-state index is 0.0184. The van der Waals surface area contributed by atoms with E-state index in [1.54, 1.807) is 18.2 Å². The molecule has 3 heteroatoms. The zero-order valence-corrected chi connectivity index (χ0v) is 8.86. The molecule has 80 valence electrons. The SMILES string of the molecule is COC(=O)c1ccc(/C(C)=C\CO)cc1. The Morgan fingerprint density at radius 2 is 1.87 bits per heavy atom. The lowest BCUT2D eigenvalue weighted by Crippen LogP contribution is -2.00. The van der Waals surface area contributed by atoms with Gasteiger partial charge in [-0.25, -0.2) is 4.79 Å². The number of rotatable bonds is 3. The topological polar surface area (TPSA) is 46.5 Å². The summed E-state index contributed by atoms with van der Waals surface area (Å²) in [5.74, 6) is -0.342. The summed E-state index contributed by atoms with van der Waals surface area (Å²) >= 11 is 0. The van der Waals surface area contributed by atoms with Crippen molar-refractivity contribution in [1.82, 2.24) is 0 Å². The van der Waals surface area contributed by atoms with Crippen molar-refractivity contribution in [2.24, 2.45) is 0 Å². The molecule has 1 aromatic rings. The molecule has 0 aliphatic heterocycles. The molecular formula is C12H14O3. The van der Waals surface area contributed by atoms with Gasteiger partial charge in [-0.05, 0) is 30.2 Å². The number of benzene rings is 1. The van der Waals surface area contributed by atoms with Crippen LogP contribution in [0.15, 0.2) is 30.3 Å². The second-order valence-corrected chi connectivity index (χ2v) is 3.14. The van der Waals surface area contributed by atoms with Crippen molar-refractivity contribution in [2.45, 2.75) is 6.92 Å². The first-order chi connectivity index (χ1) is 7.19. The van der Waals surface area contributed by atoms with Crippen LogP contribution in [0.1, 0.15) is 22.8 Å². The van der Waals surface area contributed by atoms with Gasteiger partial charge in [-0.1, -0.05) is 18.2 Å². The molecule has 0 saturated carbocycles. The standard InChI is InChI=1S/C12H14O3/c1-9(7-8-13)10-3-5-11(6-4-10)12(14)15-2/h3-7,13H,8H2,1-2H3/b9-7-. The average Bonchev–Trinajstić information content (AvgIpc) is 2.28. The third-order valence-corrected chi connectivity index (χ3v) is 2.16. The van der Waals surface area contributed by atoms with Gasteiger partial charge in [-0.15, -0.1) is 0 Å². The van der Waals surface area contributed by atoms with Gasteiger partial charge < -0.3 is 9.84 Å². The fourth-order valence-electron chi connectivity index (χ4n) is 1.24. The van der Waals surface area contributed by atoms with Gasteiger partial charge in [0.25, 0.3) is 0 Å². The van der Waals surface area contributed by atoms with Gasteiger partial charge >= 0.3 is 5.97 Å². The van der Waals surface area contributed by atoms with E-state index < -0.39 is 0 Å². The van der Waals surface area contributed by atoms with Gasteiger partial charge in [0.15, 0.2) is 0 Å². The van der Waals surface area contributed by atoms with Crippen molar-refractivity contribution in [3.05, 3.63) is 41.5 Å². The van der Waals surface area contributed by atoms with Gasteiger partial charge in [0.2, 0.25) is 0 Å². The van der Waals surface area contributed by atoms with E-state index in [2.05, 4.69) is 4.74 Å². The Morgan fingerprint density at radius 3 is 2.33 bits per heavy atom. The Balaban J connectivity index is 2.90. The smallest absolute Gasteiger partial charge is 0.337 e. The summed E-state index contributed by atoms with van der Waals surface area (Å²) in [5, 5.41) is 8.73. The van der Waals surface area contributed by atoms with Gasteiger partial charge in [0, 0.05) is 0 Å². The van der Waals surface area contributed by atoms with E-state index in [0.29, 0.717) is 5.56 Å². The molecule has 15 heavy (non-hydrogen) atoms. The molecule has 0 spiro atoms. The number of aliphatic hydroxyl groups is 1. The molecule has 3 nitrogen and oxygen atoms in total. The highest BCUT2D eigenvalue weighted by atomic mass is 16.5. The van der Waals surface area contributed by atoms with Crippen LogP contribution in [0.4, 0.5) is 0 Å². The second-order valence-electron chi connectivity index (χ2n) is 3.14. The predicted molar refractivity (Wildman–Crippen MR) is 58.5 cm³/mol. The summed E-state index contributed by atoms with van der Waals surface area (Å²) in [5.41, 5.74) is 2.49. The molecule has 0 aromatic heterocycles. The minimum Gasteiger partial charge on any atom is -0.465 e. The maximum Gasteiger partial charge on any atom is 0.337 e. The fourth-order valence-corrected chi connectivity index (χ4v) is 1.24. The zero-order chi connectivity index (χ0) is 11.3. The molecule has 1 N–H and O–H groups in total. The molecule has 0 radical (unpaired) electrons. The minimum atomic E-state index is -0.342. The highest BCUT2D eigenvalue weighted by Gasteiger charge is 2.04. The summed E-state index contributed by atoms with van der Waals surface area (Å²) in [7, 11) is 1.35. The zero-order valence-electron chi connectivity index (χ0n) is 8.86. The monoisotopic (exact) mass is 206 g/mol. The molecule has 0 heterocycles. The molecule has 1 aromatic carbocycles. The normalized spacial score (nSPS) is 11.3. The van der Waals surface area contributed by atoms with E-state index in [1.807, 2.05) is 19.1 Å². The third-order valence-electron chi connectivity index (χ3n) is 2.16. The number of hydrogen-bond donors (Lipinski definition) is 1. The molecule has 0 atom stereocenters. The van der Waals surface area contributed by atoms with Crippen molar-refractivity contribution >= 4 is 11.5 Å². The molecule has 0 aliphatic carbocycles. The number of esters is 1. The summed E-state index contributed by atoms with van der Waals surface area (Å²) in [6.07, 6.45) is 1.72. The number of carbonyl (C=O) groups is 1. The lowest BCUT2D eigenvalue weighted by molar-refractivity contribution is 0.0600. The molecular weight excluding hydrogens is 192 g/mol. The molecule has 0 saturated heterocycles. The Kier molecular flexibility index (Phi) is 4.06. The highest BCUT2D eigenvalue weighted by molar-refractivity contribution is 5.89. The molecule has 0 unspecified atom stereocenters. The summed E-state index contributed by atoms with van der Waals surface area (Å²) < 4.78 is 4.59.